The first-order valence-electron chi connectivity index (χ1n) is 10.3. The first-order chi connectivity index (χ1) is 15.6. The molecule has 4 aromatic rings. The molecule has 32 heavy (non-hydrogen) atoms. The molecule has 1 aliphatic rings. The molecular formula is C29H18F2O. The molecule has 1 nitrogen and oxygen atoms in total. The average Bonchev–Trinajstić information content (AvgIpc) is 3.14. The van der Waals surface area contributed by atoms with Crippen LogP contribution in [0.3, 0.4) is 0 Å². The van der Waals surface area contributed by atoms with E-state index >= 15 is 0 Å². The van der Waals surface area contributed by atoms with Gasteiger partial charge in [-0.2, -0.15) is 0 Å². The summed E-state index contributed by atoms with van der Waals surface area (Å²) in [6, 6.07) is 31.3. The van der Waals surface area contributed by atoms with Crippen molar-refractivity contribution in [3.05, 3.63) is 143 Å². The molecule has 4 aromatic carbocycles. The molecule has 0 spiro atoms. The van der Waals surface area contributed by atoms with Crippen molar-refractivity contribution in [1.29, 1.82) is 0 Å². The predicted octanol–water partition coefficient (Wildman–Crippen LogP) is 7.07. The van der Waals surface area contributed by atoms with Crippen molar-refractivity contribution in [2.45, 2.75) is 0 Å². The maximum Gasteiger partial charge on any atom is 0.195 e. The minimum atomic E-state index is -0.365. The first-order valence-corrected chi connectivity index (χ1v) is 10.3. The standard InChI is InChI=1S/C29H18F2O/c30-23-15-11-21(12-16-23)27-25(19-7-3-1-4-8-19)26(20-9-5-2-6-10-20)28(29(27)32)22-13-17-24(31)18-14-22/h1-18H. The zero-order chi connectivity index (χ0) is 22.1. The van der Waals surface area contributed by atoms with Gasteiger partial charge in [-0.25, -0.2) is 8.78 Å². The number of carbonyl (C=O) groups excluding carboxylic acids is 1. The minimum absolute atomic E-state index is 0.166. The molecule has 0 saturated carbocycles. The topological polar surface area (TPSA) is 17.1 Å². The highest BCUT2D eigenvalue weighted by atomic mass is 19.1. The summed E-state index contributed by atoms with van der Waals surface area (Å²) >= 11 is 0. The molecule has 0 aromatic heterocycles. The average molecular weight is 420 g/mol. The summed E-state index contributed by atoms with van der Waals surface area (Å²) in [6.45, 7) is 0. The zero-order valence-electron chi connectivity index (χ0n) is 17.1. The van der Waals surface area contributed by atoms with Gasteiger partial charge in [-0.15, -0.1) is 0 Å². The Kier molecular flexibility index (Phi) is 5.08. The van der Waals surface area contributed by atoms with Crippen molar-refractivity contribution < 1.29 is 13.6 Å². The van der Waals surface area contributed by atoms with Crippen LogP contribution in [0, 0.1) is 11.6 Å². The second kappa shape index (κ2) is 8.20. The molecule has 0 heterocycles. The maximum atomic E-state index is 13.9. The second-order valence-electron chi connectivity index (χ2n) is 7.57. The molecule has 5 rings (SSSR count). The molecule has 0 bridgehead atoms. The predicted molar refractivity (Wildman–Crippen MR) is 124 cm³/mol. The Morgan fingerprint density at radius 2 is 0.688 bits per heavy atom. The lowest BCUT2D eigenvalue weighted by Crippen LogP contribution is -2.02. The van der Waals surface area contributed by atoms with E-state index in [2.05, 4.69) is 0 Å². The Hall–Kier alpha value is -4.11. The molecule has 0 N–H and O–H groups in total. The fourth-order valence-electron chi connectivity index (χ4n) is 4.17. The van der Waals surface area contributed by atoms with Crippen molar-refractivity contribution >= 4 is 28.1 Å². The third kappa shape index (κ3) is 3.48. The lowest BCUT2D eigenvalue weighted by Gasteiger charge is -2.13. The number of allylic oxidation sites excluding steroid dienone is 4. The molecule has 0 fully saturated rings. The third-order valence-electron chi connectivity index (χ3n) is 5.59. The van der Waals surface area contributed by atoms with Gasteiger partial charge in [0, 0.05) is 22.3 Å². The fraction of sp³-hybridized carbons (Fsp3) is 0. The van der Waals surface area contributed by atoms with Crippen LogP contribution in [0.1, 0.15) is 22.3 Å². The smallest absolute Gasteiger partial charge is 0.195 e. The summed E-state index contributed by atoms with van der Waals surface area (Å²) < 4.78 is 27.3. The van der Waals surface area contributed by atoms with Crippen molar-refractivity contribution in [1.82, 2.24) is 0 Å². The van der Waals surface area contributed by atoms with Gasteiger partial charge in [0.2, 0.25) is 0 Å². The lowest BCUT2D eigenvalue weighted by molar-refractivity contribution is -0.108. The van der Waals surface area contributed by atoms with E-state index in [0.29, 0.717) is 22.3 Å². The summed E-state index contributed by atoms with van der Waals surface area (Å²) in [5.41, 5.74) is 5.64. The van der Waals surface area contributed by atoms with Gasteiger partial charge in [-0.1, -0.05) is 84.9 Å². The van der Waals surface area contributed by atoms with Crippen molar-refractivity contribution in [3.8, 4) is 0 Å². The highest BCUT2D eigenvalue weighted by Crippen LogP contribution is 2.49. The lowest BCUT2D eigenvalue weighted by atomic mass is 9.89. The normalized spacial score (nSPS) is 13.8. The van der Waals surface area contributed by atoms with Crippen LogP contribution in [0.4, 0.5) is 8.78 Å². The molecule has 154 valence electrons. The van der Waals surface area contributed by atoms with Gasteiger partial charge in [-0.3, -0.25) is 4.79 Å². The number of hydrogen-bond donors (Lipinski definition) is 0. The van der Waals surface area contributed by atoms with Crippen LogP contribution in [-0.2, 0) is 4.79 Å². The summed E-state index contributed by atoms with van der Waals surface area (Å²) in [4.78, 5) is 13.9. The molecule has 0 unspecified atom stereocenters. The maximum absolute atomic E-state index is 13.9. The Morgan fingerprint density at radius 1 is 0.375 bits per heavy atom. The zero-order valence-corrected chi connectivity index (χ0v) is 17.1. The second-order valence-corrected chi connectivity index (χ2v) is 7.57. The van der Waals surface area contributed by atoms with Crippen molar-refractivity contribution in [2.24, 2.45) is 0 Å². The van der Waals surface area contributed by atoms with Gasteiger partial charge in [0.25, 0.3) is 0 Å². The Labute approximate surface area is 185 Å². The van der Waals surface area contributed by atoms with Crippen LogP contribution >= 0.6 is 0 Å². The Balaban J connectivity index is 1.86. The number of halogens is 2. The summed E-state index contributed by atoms with van der Waals surface area (Å²) in [6.07, 6.45) is 0. The number of benzene rings is 4. The largest absolute Gasteiger partial charge is 0.289 e. The van der Waals surface area contributed by atoms with Gasteiger partial charge in [-0.05, 0) is 46.5 Å². The molecule has 0 atom stereocenters. The highest BCUT2D eigenvalue weighted by Gasteiger charge is 2.35. The number of rotatable bonds is 4. The molecule has 0 saturated heterocycles. The van der Waals surface area contributed by atoms with E-state index in [1.165, 1.54) is 24.3 Å². The van der Waals surface area contributed by atoms with E-state index in [1.807, 2.05) is 60.7 Å². The van der Waals surface area contributed by atoms with E-state index in [-0.39, 0.29) is 17.4 Å². The van der Waals surface area contributed by atoms with Crippen LogP contribution < -0.4 is 0 Å². The molecule has 0 amide bonds. The van der Waals surface area contributed by atoms with Gasteiger partial charge in [0.05, 0.1) is 0 Å². The van der Waals surface area contributed by atoms with Gasteiger partial charge in [0.15, 0.2) is 5.78 Å². The van der Waals surface area contributed by atoms with E-state index in [4.69, 9.17) is 0 Å². The van der Waals surface area contributed by atoms with Gasteiger partial charge in [0.1, 0.15) is 11.6 Å². The van der Waals surface area contributed by atoms with Crippen LogP contribution in [0.5, 0.6) is 0 Å². The highest BCUT2D eigenvalue weighted by molar-refractivity contribution is 6.59. The van der Waals surface area contributed by atoms with Crippen LogP contribution in [0.25, 0.3) is 22.3 Å². The number of ketones is 1. The van der Waals surface area contributed by atoms with Crippen LogP contribution in [-0.4, -0.2) is 5.78 Å². The first kappa shape index (κ1) is 19.8. The SMILES string of the molecule is O=C1C(c2ccc(F)cc2)=C(c2ccccc2)C(c2ccccc2)=C1c1ccc(F)cc1. The minimum Gasteiger partial charge on any atom is -0.289 e. The summed E-state index contributed by atoms with van der Waals surface area (Å²) in [7, 11) is 0. The number of carbonyl (C=O) groups is 1. The van der Waals surface area contributed by atoms with E-state index < -0.39 is 0 Å². The number of hydrogen-bond acceptors (Lipinski definition) is 1. The molecular weight excluding hydrogens is 402 g/mol. The molecule has 0 radical (unpaired) electrons. The van der Waals surface area contributed by atoms with Crippen LogP contribution in [0.2, 0.25) is 0 Å². The molecule has 0 aliphatic heterocycles. The van der Waals surface area contributed by atoms with Gasteiger partial charge >= 0.3 is 0 Å². The van der Waals surface area contributed by atoms with Crippen LogP contribution in [0.15, 0.2) is 109 Å². The fourth-order valence-corrected chi connectivity index (χ4v) is 4.17. The Morgan fingerprint density at radius 3 is 1.03 bits per heavy atom. The quantitative estimate of drug-likeness (QED) is 0.345. The third-order valence-corrected chi connectivity index (χ3v) is 5.59. The Bertz CT molecular complexity index is 1240. The molecule has 3 heteroatoms. The van der Waals surface area contributed by atoms with Crippen molar-refractivity contribution in [3.63, 3.8) is 0 Å². The molecule has 1 aliphatic carbocycles. The van der Waals surface area contributed by atoms with E-state index in [1.54, 1.807) is 24.3 Å². The van der Waals surface area contributed by atoms with Crippen molar-refractivity contribution in [2.75, 3.05) is 0 Å². The van der Waals surface area contributed by atoms with Gasteiger partial charge < -0.3 is 0 Å². The summed E-state index contributed by atoms with van der Waals surface area (Å²) in [5.74, 6) is -0.895. The monoisotopic (exact) mass is 420 g/mol. The summed E-state index contributed by atoms with van der Waals surface area (Å²) in [5, 5.41) is 0. The number of Topliss-reactive ketones (excluding diaryl/α,β-unsaturated/α-hetero) is 1. The van der Waals surface area contributed by atoms with E-state index in [9.17, 15) is 13.6 Å². The van der Waals surface area contributed by atoms with E-state index in [0.717, 1.165) is 22.3 Å².